The highest BCUT2D eigenvalue weighted by molar-refractivity contribution is 6.05. The first kappa shape index (κ1) is 20.8. The Bertz CT molecular complexity index is 1140. The lowest BCUT2D eigenvalue weighted by Gasteiger charge is -2.19. The molecule has 4 rings (SSSR count). The Morgan fingerprint density at radius 3 is 2.65 bits per heavy atom. The fraction of sp³-hybridized carbons (Fsp3) is 0.217. The van der Waals surface area contributed by atoms with Crippen LogP contribution in [-0.4, -0.2) is 18.0 Å². The Kier molecular flexibility index (Phi) is 5.39. The van der Waals surface area contributed by atoms with Gasteiger partial charge in [-0.15, -0.1) is 0 Å². The van der Waals surface area contributed by atoms with Crippen molar-refractivity contribution in [1.29, 1.82) is 0 Å². The monoisotopic (exact) mass is 430 g/mol. The maximum Gasteiger partial charge on any atom is 0.416 e. The van der Waals surface area contributed by atoms with Crippen molar-refractivity contribution in [2.75, 3.05) is 12.4 Å². The molecule has 31 heavy (non-hydrogen) atoms. The number of methoxy groups -OCH3 is 1. The number of anilines is 1. The van der Waals surface area contributed by atoms with Crippen LogP contribution in [0, 0.1) is 5.82 Å². The van der Waals surface area contributed by atoms with E-state index >= 15 is 0 Å². The average molecular weight is 430 g/mol. The Hall–Kier alpha value is -3.42. The molecule has 0 bridgehead atoms. The van der Waals surface area contributed by atoms with Gasteiger partial charge in [0.2, 0.25) is 5.88 Å². The number of nitrogens with zero attached hydrogens (tertiary/aromatic N) is 1. The van der Waals surface area contributed by atoms with E-state index in [1.54, 1.807) is 12.1 Å². The van der Waals surface area contributed by atoms with Crippen LogP contribution in [0.5, 0.6) is 5.88 Å². The highest BCUT2D eigenvalue weighted by atomic mass is 19.4. The molecule has 4 nitrogen and oxygen atoms in total. The predicted molar refractivity (Wildman–Crippen MR) is 107 cm³/mol. The SMILES string of the molecule is COc1cc(NC(=O)c2ccc(C(F)(F)F)cc2C2CCc3cc(F)ccc32)ccn1. The van der Waals surface area contributed by atoms with Crippen LogP contribution in [0.3, 0.4) is 0 Å². The molecule has 1 N–H and O–H groups in total. The smallest absolute Gasteiger partial charge is 0.416 e. The third-order valence-electron chi connectivity index (χ3n) is 5.38. The van der Waals surface area contributed by atoms with E-state index in [4.69, 9.17) is 4.74 Å². The van der Waals surface area contributed by atoms with E-state index in [-0.39, 0.29) is 17.0 Å². The van der Waals surface area contributed by atoms with Gasteiger partial charge >= 0.3 is 6.18 Å². The molecule has 1 heterocycles. The van der Waals surface area contributed by atoms with Gasteiger partial charge in [-0.25, -0.2) is 9.37 Å². The van der Waals surface area contributed by atoms with Crippen molar-refractivity contribution >= 4 is 11.6 Å². The summed E-state index contributed by atoms with van der Waals surface area (Å²) < 4.78 is 58.8. The Morgan fingerprint density at radius 1 is 1.10 bits per heavy atom. The van der Waals surface area contributed by atoms with Crippen LogP contribution in [0.1, 0.15) is 45.0 Å². The third-order valence-corrected chi connectivity index (χ3v) is 5.38. The summed E-state index contributed by atoms with van der Waals surface area (Å²) in [6, 6.07) is 10.4. The number of ether oxygens (including phenoxy) is 1. The lowest BCUT2D eigenvalue weighted by molar-refractivity contribution is -0.137. The highest BCUT2D eigenvalue weighted by Crippen LogP contribution is 2.42. The lowest BCUT2D eigenvalue weighted by atomic mass is 9.87. The number of amides is 1. The van der Waals surface area contributed by atoms with Gasteiger partial charge in [0.1, 0.15) is 5.82 Å². The van der Waals surface area contributed by atoms with Crippen molar-refractivity contribution in [3.63, 3.8) is 0 Å². The largest absolute Gasteiger partial charge is 0.481 e. The molecule has 1 unspecified atom stereocenters. The van der Waals surface area contributed by atoms with Gasteiger partial charge in [0.05, 0.1) is 12.7 Å². The molecule has 1 aliphatic rings. The number of benzene rings is 2. The fourth-order valence-electron chi connectivity index (χ4n) is 3.94. The zero-order valence-corrected chi connectivity index (χ0v) is 16.5. The van der Waals surface area contributed by atoms with E-state index in [1.807, 2.05) is 0 Å². The first-order valence-electron chi connectivity index (χ1n) is 9.57. The molecule has 1 atom stereocenters. The molecular weight excluding hydrogens is 412 g/mol. The van der Waals surface area contributed by atoms with Crippen LogP contribution in [0.25, 0.3) is 0 Å². The molecule has 0 saturated heterocycles. The number of alkyl halides is 3. The maximum atomic E-state index is 13.6. The van der Waals surface area contributed by atoms with Crippen molar-refractivity contribution in [3.05, 3.63) is 88.4 Å². The fourth-order valence-corrected chi connectivity index (χ4v) is 3.94. The Labute approximate surface area is 175 Å². The quantitative estimate of drug-likeness (QED) is 0.550. The van der Waals surface area contributed by atoms with Gasteiger partial charge < -0.3 is 10.1 Å². The molecule has 1 amide bonds. The van der Waals surface area contributed by atoms with Crippen LogP contribution in [0.2, 0.25) is 0 Å². The number of aromatic nitrogens is 1. The van der Waals surface area contributed by atoms with E-state index in [0.717, 1.165) is 23.3 Å². The first-order valence-corrected chi connectivity index (χ1v) is 9.57. The summed E-state index contributed by atoms with van der Waals surface area (Å²) in [5.74, 6) is -1.09. The van der Waals surface area contributed by atoms with Crippen molar-refractivity contribution in [1.82, 2.24) is 4.98 Å². The number of hydrogen-bond acceptors (Lipinski definition) is 3. The summed E-state index contributed by atoms with van der Waals surface area (Å²) in [5.41, 5.74) is 1.44. The summed E-state index contributed by atoms with van der Waals surface area (Å²) in [4.78, 5) is 17.0. The normalized spacial score (nSPS) is 15.5. The van der Waals surface area contributed by atoms with Crippen LogP contribution >= 0.6 is 0 Å². The standard InChI is InChI=1S/C23H18F4N2O2/c1-31-21-12-16(8-9-28-21)29-22(30)19-6-3-14(23(25,26)27)11-20(19)18-5-2-13-10-15(24)4-7-17(13)18/h3-4,6-12,18H,2,5H2,1H3,(H,28,29,30). The predicted octanol–water partition coefficient (Wildman–Crippen LogP) is 5.58. The molecule has 1 aliphatic carbocycles. The van der Waals surface area contributed by atoms with E-state index in [9.17, 15) is 22.4 Å². The van der Waals surface area contributed by atoms with Gasteiger partial charge in [0.15, 0.2) is 0 Å². The number of nitrogens with one attached hydrogen (secondary N) is 1. The second-order valence-electron chi connectivity index (χ2n) is 7.28. The number of pyridine rings is 1. The summed E-state index contributed by atoms with van der Waals surface area (Å²) in [7, 11) is 1.43. The average Bonchev–Trinajstić information content (AvgIpc) is 3.15. The van der Waals surface area contributed by atoms with Crippen LogP contribution in [0.15, 0.2) is 54.7 Å². The molecule has 2 aromatic carbocycles. The Morgan fingerprint density at radius 2 is 1.90 bits per heavy atom. The zero-order chi connectivity index (χ0) is 22.2. The number of aryl methyl sites for hydroxylation is 1. The van der Waals surface area contributed by atoms with E-state index < -0.39 is 29.4 Å². The third kappa shape index (κ3) is 4.23. The van der Waals surface area contributed by atoms with Crippen molar-refractivity contribution < 1.29 is 27.1 Å². The molecule has 0 spiro atoms. The lowest BCUT2D eigenvalue weighted by Crippen LogP contribution is -2.17. The van der Waals surface area contributed by atoms with Crippen LogP contribution in [-0.2, 0) is 12.6 Å². The molecule has 160 valence electrons. The molecule has 3 aromatic rings. The summed E-state index contributed by atoms with van der Waals surface area (Å²) in [6.07, 6.45) is -2.09. The number of hydrogen-bond donors (Lipinski definition) is 1. The molecule has 0 saturated carbocycles. The second kappa shape index (κ2) is 8.02. The molecule has 0 fully saturated rings. The summed E-state index contributed by atoms with van der Waals surface area (Å²) in [5, 5.41) is 2.69. The second-order valence-corrected chi connectivity index (χ2v) is 7.28. The van der Waals surface area contributed by atoms with Gasteiger partial charge in [0.25, 0.3) is 5.91 Å². The number of carbonyl (C=O) groups excluding carboxylic acids is 1. The molecule has 1 aromatic heterocycles. The Balaban J connectivity index is 1.75. The zero-order valence-electron chi connectivity index (χ0n) is 16.5. The number of carbonyl (C=O) groups is 1. The van der Waals surface area contributed by atoms with Gasteiger partial charge in [0, 0.05) is 29.4 Å². The maximum absolute atomic E-state index is 13.6. The van der Waals surface area contributed by atoms with E-state index in [0.29, 0.717) is 18.5 Å². The number of halogens is 4. The molecular formula is C23H18F4N2O2. The molecule has 0 radical (unpaired) electrons. The van der Waals surface area contributed by atoms with Crippen molar-refractivity contribution in [2.45, 2.75) is 24.9 Å². The van der Waals surface area contributed by atoms with E-state index in [1.165, 1.54) is 37.6 Å². The summed E-state index contributed by atoms with van der Waals surface area (Å²) >= 11 is 0. The van der Waals surface area contributed by atoms with Crippen molar-refractivity contribution in [3.8, 4) is 5.88 Å². The molecule has 0 aliphatic heterocycles. The highest BCUT2D eigenvalue weighted by Gasteiger charge is 2.34. The minimum atomic E-state index is -4.55. The first-order chi connectivity index (χ1) is 14.8. The van der Waals surface area contributed by atoms with Gasteiger partial charge in [-0.1, -0.05) is 6.07 Å². The van der Waals surface area contributed by atoms with Crippen LogP contribution < -0.4 is 10.1 Å². The minimum Gasteiger partial charge on any atom is -0.481 e. The number of fused-ring (bicyclic) bond motifs is 1. The van der Waals surface area contributed by atoms with Crippen LogP contribution in [0.4, 0.5) is 23.2 Å². The number of rotatable bonds is 4. The van der Waals surface area contributed by atoms with Gasteiger partial charge in [-0.3, -0.25) is 4.79 Å². The van der Waals surface area contributed by atoms with Gasteiger partial charge in [-0.2, -0.15) is 13.2 Å². The van der Waals surface area contributed by atoms with E-state index in [2.05, 4.69) is 10.3 Å². The minimum absolute atomic E-state index is 0.131. The topological polar surface area (TPSA) is 51.2 Å². The van der Waals surface area contributed by atoms with Crippen molar-refractivity contribution in [2.24, 2.45) is 0 Å². The summed E-state index contributed by atoms with van der Waals surface area (Å²) in [6.45, 7) is 0. The van der Waals surface area contributed by atoms with Gasteiger partial charge in [-0.05, 0) is 65.9 Å². The molecule has 8 heteroatoms.